The number of rotatable bonds is 8. The molecule has 0 spiro atoms. The van der Waals surface area contributed by atoms with E-state index in [1.54, 1.807) is 17.0 Å². The largest absolute Gasteiger partial charge is 0.480 e. The van der Waals surface area contributed by atoms with E-state index in [1.165, 1.54) is 0 Å². The van der Waals surface area contributed by atoms with Crippen LogP contribution in [-0.2, 0) is 16.0 Å². The van der Waals surface area contributed by atoms with Crippen LogP contribution in [0.15, 0.2) is 60.7 Å². The molecule has 2 aromatic carbocycles. The zero-order valence-corrected chi connectivity index (χ0v) is 12.8. The van der Waals surface area contributed by atoms with E-state index in [0.29, 0.717) is 12.2 Å². The molecule has 0 aliphatic heterocycles. The number of carbonyl (C=O) groups is 2. The van der Waals surface area contributed by atoms with Crippen molar-refractivity contribution in [3.8, 4) is 0 Å². The normalized spacial score (nSPS) is 10.1. The lowest BCUT2D eigenvalue weighted by molar-refractivity contribution is -0.135. The molecular formula is C18H20N2O3. The van der Waals surface area contributed by atoms with Gasteiger partial charge in [0.05, 0.1) is 6.54 Å². The van der Waals surface area contributed by atoms with Crippen molar-refractivity contribution in [2.24, 2.45) is 0 Å². The van der Waals surface area contributed by atoms with Crippen molar-refractivity contribution in [1.29, 1.82) is 0 Å². The van der Waals surface area contributed by atoms with Crippen LogP contribution in [0.5, 0.6) is 0 Å². The first-order chi connectivity index (χ1) is 11.1. The average Bonchev–Trinajstić information content (AvgIpc) is 2.56. The highest BCUT2D eigenvalue weighted by molar-refractivity contribution is 5.84. The van der Waals surface area contributed by atoms with Gasteiger partial charge in [0.2, 0.25) is 5.91 Å². The van der Waals surface area contributed by atoms with E-state index in [2.05, 4.69) is 5.32 Å². The molecule has 0 fully saturated rings. The quantitative estimate of drug-likeness (QED) is 0.781. The van der Waals surface area contributed by atoms with Crippen LogP contribution in [0.2, 0.25) is 0 Å². The van der Waals surface area contributed by atoms with Crippen LogP contribution in [0.25, 0.3) is 0 Å². The predicted molar refractivity (Wildman–Crippen MR) is 89.4 cm³/mol. The summed E-state index contributed by atoms with van der Waals surface area (Å²) in [6, 6.07) is 18.9. The average molecular weight is 312 g/mol. The van der Waals surface area contributed by atoms with Crippen LogP contribution >= 0.6 is 0 Å². The second kappa shape index (κ2) is 8.58. The maximum Gasteiger partial charge on any atom is 0.323 e. The van der Waals surface area contributed by atoms with Crippen LogP contribution in [-0.4, -0.2) is 36.6 Å². The van der Waals surface area contributed by atoms with Crippen LogP contribution in [0, 0.1) is 0 Å². The SMILES string of the molecule is O=C(O)CN(CC(=O)NCCc1ccccc1)c1ccccc1. The van der Waals surface area contributed by atoms with Gasteiger partial charge in [0, 0.05) is 12.2 Å². The topological polar surface area (TPSA) is 69.6 Å². The van der Waals surface area contributed by atoms with E-state index < -0.39 is 5.97 Å². The van der Waals surface area contributed by atoms with Gasteiger partial charge < -0.3 is 15.3 Å². The number of amides is 1. The zero-order chi connectivity index (χ0) is 16.5. The summed E-state index contributed by atoms with van der Waals surface area (Å²) < 4.78 is 0. The Balaban J connectivity index is 1.86. The van der Waals surface area contributed by atoms with E-state index in [1.807, 2.05) is 48.5 Å². The summed E-state index contributed by atoms with van der Waals surface area (Å²) in [5.41, 5.74) is 1.87. The summed E-state index contributed by atoms with van der Waals surface area (Å²) in [6.45, 7) is 0.333. The standard InChI is InChI=1S/C18H20N2O3/c21-17(19-12-11-15-7-3-1-4-8-15)13-20(14-18(22)23)16-9-5-2-6-10-16/h1-10H,11-14H2,(H,19,21)(H,22,23). The number of para-hydroxylation sites is 1. The Morgan fingerprint density at radius 3 is 2.13 bits per heavy atom. The first-order valence-corrected chi connectivity index (χ1v) is 7.47. The highest BCUT2D eigenvalue weighted by Gasteiger charge is 2.14. The highest BCUT2D eigenvalue weighted by Crippen LogP contribution is 2.12. The molecule has 0 heterocycles. The highest BCUT2D eigenvalue weighted by atomic mass is 16.4. The fourth-order valence-electron chi connectivity index (χ4n) is 2.26. The lowest BCUT2D eigenvalue weighted by Crippen LogP contribution is -2.40. The van der Waals surface area contributed by atoms with E-state index in [0.717, 1.165) is 12.0 Å². The molecule has 1 amide bonds. The van der Waals surface area contributed by atoms with Gasteiger partial charge in [-0.2, -0.15) is 0 Å². The fraction of sp³-hybridized carbons (Fsp3) is 0.222. The van der Waals surface area contributed by atoms with Crippen LogP contribution in [0.1, 0.15) is 5.56 Å². The first-order valence-electron chi connectivity index (χ1n) is 7.47. The van der Waals surface area contributed by atoms with Crippen LogP contribution in [0.4, 0.5) is 5.69 Å². The van der Waals surface area contributed by atoms with E-state index in [4.69, 9.17) is 5.11 Å². The molecule has 0 radical (unpaired) electrons. The number of carboxylic acid groups (broad SMARTS) is 1. The van der Waals surface area contributed by atoms with Gasteiger partial charge in [0.15, 0.2) is 0 Å². The molecule has 2 N–H and O–H groups in total. The monoisotopic (exact) mass is 312 g/mol. The number of aliphatic carboxylic acids is 1. The number of carboxylic acids is 1. The van der Waals surface area contributed by atoms with Crippen LogP contribution < -0.4 is 10.2 Å². The molecule has 0 aliphatic rings. The lowest BCUT2D eigenvalue weighted by atomic mass is 10.1. The number of nitrogens with one attached hydrogen (secondary N) is 1. The second-order valence-corrected chi connectivity index (χ2v) is 5.17. The maximum atomic E-state index is 12.1. The van der Waals surface area contributed by atoms with Crippen molar-refractivity contribution in [2.45, 2.75) is 6.42 Å². The third-order valence-corrected chi connectivity index (χ3v) is 3.36. The minimum absolute atomic E-state index is 0.0190. The molecule has 0 saturated heterocycles. The fourth-order valence-corrected chi connectivity index (χ4v) is 2.26. The molecule has 0 aliphatic carbocycles. The second-order valence-electron chi connectivity index (χ2n) is 5.17. The molecule has 2 rings (SSSR count). The lowest BCUT2D eigenvalue weighted by Gasteiger charge is -2.22. The Kier molecular flexibility index (Phi) is 6.17. The smallest absolute Gasteiger partial charge is 0.323 e. The summed E-state index contributed by atoms with van der Waals surface area (Å²) in [5, 5.41) is 11.8. The summed E-state index contributed by atoms with van der Waals surface area (Å²) in [4.78, 5) is 24.6. The minimum Gasteiger partial charge on any atom is -0.480 e. The molecule has 0 saturated carbocycles. The van der Waals surface area contributed by atoms with Crippen molar-refractivity contribution >= 4 is 17.6 Å². The molecule has 5 nitrogen and oxygen atoms in total. The molecule has 5 heteroatoms. The maximum absolute atomic E-state index is 12.1. The van der Waals surface area contributed by atoms with Gasteiger partial charge in [-0.15, -0.1) is 0 Å². The van der Waals surface area contributed by atoms with E-state index >= 15 is 0 Å². The molecule has 0 bridgehead atoms. The van der Waals surface area contributed by atoms with Gasteiger partial charge in [-0.25, -0.2) is 0 Å². The van der Waals surface area contributed by atoms with E-state index in [9.17, 15) is 9.59 Å². The Bertz CT molecular complexity index is 629. The van der Waals surface area contributed by atoms with E-state index in [-0.39, 0.29) is 19.0 Å². The van der Waals surface area contributed by atoms with Gasteiger partial charge >= 0.3 is 5.97 Å². The predicted octanol–water partition coefficient (Wildman–Crippen LogP) is 1.94. The van der Waals surface area contributed by atoms with Crippen molar-refractivity contribution in [3.05, 3.63) is 66.2 Å². The number of hydrogen-bond donors (Lipinski definition) is 2. The zero-order valence-electron chi connectivity index (χ0n) is 12.8. The summed E-state index contributed by atoms with van der Waals surface area (Å²) in [5.74, 6) is -1.16. The van der Waals surface area contributed by atoms with Gasteiger partial charge in [-0.05, 0) is 24.1 Å². The van der Waals surface area contributed by atoms with Crippen molar-refractivity contribution in [2.75, 3.05) is 24.5 Å². The van der Waals surface area contributed by atoms with Gasteiger partial charge in [-0.1, -0.05) is 48.5 Å². The van der Waals surface area contributed by atoms with Crippen molar-refractivity contribution < 1.29 is 14.7 Å². The Labute approximate surface area is 135 Å². The third kappa shape index (κ3) is 5.82. The molecule has 0 atom stereocenters. The molecule has 120 valence electrons. The molecular weight excluding hydrogens is 292 g/mol. The number of anilines is 1. The van der Waals surface area contributed by atoms with Crippen molar-refractivity contribution in [1.82, 2.24) is 5.32 Å². The van der Waals surface area contributed by atoms with Crippen molar-refractivity contribution in [3.63, 3.8) is 0 Å². The van der Waals surface area contributed by atoms with Gasteiger partial charge in [0.25, 0.3) is 0 Å². The summed E-state index contributed by atoms with van der Waals surface area (Å²) in [6.07, 6.45) is 0.747. The van der Waals surface area contributed by atoms with Gasteiger partial charge in [-0.3, -0.25) is 9.59 Å². The van der Waals surface area contributed by atoms with Crippen LogP contribution in [0.3, 0.4) is 0 Å². The Morgan fingerprint density at radius 1 is 0.913 bits per heavy atom. The number of carbonyl (C=O) groups excluding carboxylic acids is 1. The molecule has 2 aromatic rings. The minimum atomic E-state index is -0.967. The number of benzene rings is 2. The third-order valence-electron chi connectivity index (χ3n) is 3.36. The number of hydrogen-bond acceptors (Lipinski definition) is 3. The number of nitrogens with zero attached hydrogens (tertiary/aromatic N) is 1. The first kappa shape index (κ1) is 16.5. The Morgan fingerprint density at radius 2 is 1.52 bits per heavy atom. The summed E-state index contributed by atoms with van der Waals surface area (Å²) >= 11 is 0. The Hall–Kier alpha value is -2.82. The van der Waals surface area contributed by atoms with Gasteiger partial charge in [0.1, 0.15) is 6.54 Å². The molecule has 0 aromatic heterocycles. The molecule has 23 heavy (non-hydrogen) atoms. The molecule has 0 unspecified atom stereocenters. The summed E-state index contributed by atoms with van der Waals surface area (Å²) in [7, 11) is 0.